The SMILES string of the molecule is CCCOc1cc(OC)ccc1C=CC(=O)O. The normalized spacial score (nSPS) is 10.5. The van der Waals surface area contributed by atoms with E-state index in [0.717, 1.165) is 18.1 Å². The van der Waals surface area contributed by atoms with Gasteiger partial charge in [0.05, 0.1) is 13.7 Å². The number of carbonyl (C=O) groups is 1. The first-order valence-electron chi connectivity index (χ1n) is 5.39. The van der Waals surface area contributed by atoms with Gasteiger partial charge in [0.25, 0.3) is 0 Å². The summed E-state index contributed by atoms with van der Waals surface area (Å²) >= 11 is 0. The third-order valence-electron chi connectivity index (χ3n) is 2.09. The zero-order valence-electron chi connectivity index (χ0n) is 9.97. The predicted octanol–water partition coefficient (Wildman–Crippen LogP) is 2.58. The molecule has 0 saturated heterocycles. The number of carboxylic acids is 1. The minimum Gasteiger partial charge on any atom is -0.497 e. The molecule has 0 aliphatic rings. The quantitative estimate of drug-likeness (QED) is 0.771. The Morgan fingerprint density at radius 1 is 1.47 bits per heavy atom. The molecular weight excluding hydrogens is 220 g/mol. The summed E-state index contributed by atoms with van der Waals surface area (Å²) in [5.74, 6) is 0.328. The van der Waals surface area contributed by atoms with E-state index >= 15 is 0 Å². The fourth-order valence-electron chi connectivity index (χ4n) is 1.28. The molecule has 1 rings (SSSR count). The van der Waals surface area contributed by atoms with Crippen molar-refractivity contribution >= 4 is 12.0 Å². The fourth-order valence-corrected chi connectivity index (χ4v) is 1.28. The van der Waals surface area contributed by atoms with Gasteiger partial charge in [0.2, 0.25) is 0 Å². The van der Waals surface area contributed by atoms with E-state index in [4.69, 9.17) is 14.6 Å². The minimum atomic E-state index is -0.984. The van der Waals surface area contributed by atoms with Crippen molar-refractivity contribution in [3.63, 3.8) is 0 Å². The Morgan fingerprint density at radius 3 is 2.82 bits per heavy atom. The molecule has 0 saturated carbocycles. The van der Waals surface area contributed by atoms with Gasteiger partial charge in [0, 0.05) is 17.7 Å². The number of carboxylic acid groups (broad SMARTS) is 1. The molecule has 0 aliphatic heterocycles. The molecule has 1 aromatic rings. The lowest BCUT2D eigenvalue weighted by atomic mass is 10.1. The molecule has 4 nitrogen and oxygen atoms in total. The smallest absolute Gasteiger partial charge is 0.328 e. The molecule has 0 heterocycles. The number of methoxy groups -OCH3 is 1. The average molecular weight is 236 g/mol. The van der Waals surface area contributed by atoms with Gasteiger partial charge >= 0.3 is 5.97 Å². The van der Waals surface area contributed by atoms with Gasteiger partial charge in [-0.2, -0.15) is 0 Å². The second-order valence-electron chi connectivity index (χ2n) is 3.42. The van der Waals surface area contributed by atoms with Crippen LogP contribution >= 0.6 is 0 Å². The number of aliphatic carboxylic acids is 1. The second kappa shape index (κ2) is 6.58. The first kappa shape index (κ1) is 13.1. The summed E-state index contributed by atoms with van der Waals surface area (Å²) in [6.07, 6.45) is 3.48. The highest BCUT2D eigenvalue weighted by Crippen LogP contribution is 2.26. The van der Waals surface area contributed by atoms with Crippen molar-refractivity contribution in [3.05, 3.63) is 29.8 Å². The van der Waals surface area contributed by atoms with Crippen molar-refractivity contribution < 1.29 is 19.4 Å². The summed E-state index contributed by atoms with van der Waals surface area (Å²) in [5, 5.41) is 8.59. The van der Waals surface area contributed by atoms with Crippen LogP contribution in [-0.4, -0.2) is 24.8 Å². The highest BCUT2D eigenvalue weighted by atomic mass is 16.5. The lowest BCUT2D eigenvalue weighted by Gasteiger charge is -2.10. The largest absolute Gasteiger partial charge is 0.497 e. The first-order chi connectivity index (χ1) is 8.17. The lowest BCUT2D eigenvalue weighted by Crippen LogP contribution is -1.98. The van der Waals surface area contributed by atoms with Crippen molar-refractivity contribution in [3.8, 4) is 11.5 Å². The van der Waals surface area contributed by atoms with Gasteiger partial charge in [-0.3, -0.25) is 0 Å². The molecular formula is C13H16O4. The van der Waals surface area contributed by atoms with Crippen molar-refractivity contribution in [2.45, 2.75) is 13.3 Å². The Hall–Kier alpha value is -1.97. The van der Waals surface area contributed by atoms with Crippen LogP contribution in [0.1, 0.15) is 18.9 Å². The van der Waals surface area contributed by atoms with Crippen LogP contribution in [0.2, 0.25) is 0 Å². The molecule has 0 spiro atoms. The van der Waals surface area contributed by atoms with Gasteiger partial charge in [0.15, 0.2) is 0 Å². The highest BCUT2D eigenvalue weighted by molar-refractivity contribution is 5.86. The highest BCUT2D eigenvalue weighted by Gasteiger charge is 2.03. The predicted molar refractivity (Wildman–Crippen MR) is 65.4 cm³/mol. The summed E-state index contributed by atoms with van der Waals surface area (Å²) < 4.78 is 10.6. The molecule has 0 bridgehead atoms. The van der Waals surface area contributed by atoms with Crippen molar-refractivity contribution in [2.75, 3.05) is 13.7 Å². The maximum Gasteiger partial charge on any atom is 0.328 e. The first-order valence-corrected chi connectivity index (χ1v) is 5.39. The summed E-state index contributed by atoms with van der Waals surface area (Å²) in [6.45, 7) is 2.59. The summed E-state index contributed by atoms with van der Waals surface area (Å²) in [6, 6.07) is 5.28. The molecule has 0 atom stereocenters. The number of ether oxygens (including phenoxy) is 2. The van der Waals surface area contributed by atoms with E-state index in [1.165, 1.54) is 6.08 Å². The Labute approximate surface area is 100 Å². The van der Waals surface area contributed by atoms with Gasteiger partial charge in [-0.05, 0) is 24.6 Å². The Balaban J connectivity index is 2.97. The van der Waals surface area contributed by atoms with E-state index in [1.807, 2.05) is 6.92 Å². The summed E-state index contributed by atoms with van der Waals surface area (Å²) in [5.41, 5.74) is 0.724. The number of benzene rings is 1. The monoisotopic (exact) mass is 236 g/mol. The number of hydrogen-bond donors (Lipinski definition) is 1. The van der Waals surface area contributed by atoms with Crippen LogP contribution in [0.25, 0.3) is 6.08 Å². The van der Waals surface area contributed by atoms with Gasteiger partial charge in [-0.15, -0.1) is 0 Å². The van der Waals surface area contributed by atoms with Gasteiger partial charge in [-0.25, -0.2) is 4.79 Å². The average Bonchev–Trinajstić information content (AvgIpc) is 2.34. The number of rotatable bonds is 6. The van der Waals surface area contributed by atoms with E-state index in [-0.39, 0.29) is 0 Å². The molecule has 0 amide bonds. The molecule has 0 radical (unpaired) electrons. The third-order valence-corrected chi connectivity index (χ3v) is 2.09. The van der Waals surface area contributed by atoms with Crippen LogP contribution in [-0.2, 0) is 4.79 Å². The lowest BCUT2D eigenvalue weighted by molar-refractivity contribution is -0.131. The second-order valence-corrected chi connectivity index (χ2v) is 3.42. The van der Waals surface area contributed by atoms with Crippen LogP contribution in [0.5, 0.6) is 11.5 Å². The summed E-state index contributed by atoms with van der Waals surface area (Å²) in [4.78, 5) is 10.5. The topological polar surface area (TPSA) is 55.8 Å². The minimum absolute atomic E-state index is 0.584. The van der Waals surface area contributed by atoms with E-state index in [9.17, 15) is 4.79 Å². The molecule has 1 aromatic carbocycles. The Morgan fingerprint density at radius 2 is 2.24 bits per heavy atom. The Bertz CT molecular complexity index is 410. The van der Waals surface area contributed by atoms with Gasteiger partial charge in [0.1, 0.15) is 11.5 Å². The van der Waals surface area contributed by atoms with Crippen molar-refractivity contribution in [1.82, 2.24) is 0 Å². The summed E-state index contributed by atoms with van der Waals surface area (Å²) in [7, 11) is 1.58. The van der Waals surface area contributed by atoms with E-state index < -0.39 is 5.97 Å². The zero-order valence-corrected chi connectivity index (χ0v) is 9.97. The maximum atomic E-state index is 10.5. The molecule has 0 aromatic heterocycles. The number of hydrogen-bond acceptors (Lipinski definition) is 3. The van der Waals surface area contributed by atoms with Gasteiger partial charge < -0.3 is 14.6 Å². The van der Waals surface area contributed by atoms with E-state index in [1.54, 1.807) is 25.3 Å². The van der Waals surface area contributed by atoms with Crippen LogP contribution < -0.4 is 9.47 Å². The third kappa shape index (κ3) is 4.18. The van der Waals surface area contributed by atoms with Crippen LogP contribution in [0.4, 0.5) is 0 Å². The zero-order chi connectivity index (χ0) is 12.7. The van der Waals surface area contributed by atoms with Crippen LogP contribution in [0.3, 0.4) is 0 Å². The molecule has 17 heavy (non-hydrogen) atoms. The maximum absolute atomic E-state index is 10.5. The Kier molecular flexibility index (Phi) is 5.07. The molecule has 0 unspecified atom stereocenters. The fraction of sp³-hybridized carbons (Fsp3) is 0.308. The van der Waals surface area contributed by atoms with Crippen molar-refractivity contribution in [2.24, 2.45) is 0 Å². The van der Waals surface area contributed by atoms with Crippen molar-refractivity contribution in [1.29, 1.82) is 0 Å². The molecule has 4 heteroatoms. The van der Waals surface area contributed by atoms with E-state index in [2.05, 4.69) is 0 Å². The molecule has 0 aliphatic carbocycles. The standard InChI is InChI=1S/C13H16O4/c1-3-8-17-12-9-11(16-2)6-4-10(12)5-7-13(14)15/h4-7,9H,3,8H2,1-2H3,(H,14,15). The van der Waals surface area contributed by atoms with Crippen LogP contribution in [0, 0.1) is 0 Å². The molecule has 0 fully saturated rings. The molecule has 92 valence electrons. The van der Waals surface area contributed by atoms with Gasteiger partial charge in [-0.1, -0.05) is 6.92 Å². The van der Waals surface area contributed by atoms with Crippen LogP contribution in [0.15, 0.2) is 24.3 Å². The van der Waals surface area contributed by atoms with E-state index in [0.29, 0.717) is 18.1 Å². The molecule has 1 N–H and O–H groups in total.